The van der Waals surface area contributed by atoms with Crippen LogP contribution in [-0.4, -0.2) is 5.11 Å². The predicted molar refractivity (Wildman–Crippen MR) is 58.3 cm³/mol. The van der Waals surface area contributed by atoms with Gasteiger partial charge >= 0.3 is 0 Å². The third-order valence-electron chi connectivity index (χ3n) is 2.57. The van der Waals surface area contributed by atoms with E-state index in [-0.39, 0.29) is 5.56 Å². The van der Waals surface area contributed by atoms with E-state index in [1.165, 1.54) is 6.07 Å². The zero-order valence-corrected chi connectivity index (χ0v) is 9.07. The molecule has 0 radical (unpaired) electrons. The SMILES string of the molecule is OC(CCc1ccco1)c1ccc(F)cc1F. The normalized spacial score (nSPS) is 12.6. The van der Waals surface area contributed by atoms with Gasteiger partial charge in [0.15, 0.2) is 0 Å². The molecule has 0 bridgehead atoms. The number of aliphatic hydroxyl groups is 1. The molecule has 0 saturated heterocycles. The van der Waals surface area contributed by atoms with Crippen LogP contribution < -0.4 is 0 Å². The minimum atomic E-state index is -0.958. The average Bonchev–Trinajstić information content (AvgIpc) is 2.78. The van der Waals surface area contributed by atoms with Crippen molar-refractivity contribution in [2.45, 2.75) is 18.9 Å². The van der Waals surface area contributed by atoms with Gasteiger partial charge in [0.25, 0.3) is 0 Å². The van der Waals surface area contributed by atoms with Crippen molar-refractivity contribution >= 4 is 0 Å². The van der Waals surface area contributed by atoms with Crippen molar-refractivity contribution < 1.29 is 18.3 Å². The summed E-state index contributed by atoms with van der Waals surface area (Å²) in [6.45, 7) is 0. The number of aryl methyl sites for hydroxylation is 1. The van der Waals surface area contributed by atoms with Gasteiger partial charge in [0.1, 0.15) is 17.4 Å². The highest BCUT2D eigenvalue weighted by molar-refractivity contribution is 5.21. The highest BCUT2D eigenvalue weighted by Crippen LogP contribution is 2.22. The summed E-state index contributed by atoms with van der Waals surface area (Å²) in [6, 6.07) is 6.70. The Morgan fingerprint density at radius 3 is 2.71 bits per heavy atom. The van der Waals surface area contributed by atoms with Gasteiger partial charge in [-0.05, 0) is 24.6 Å². The number of benzene rings is 1. The second-order valence-corrected chi connectivity index (χ2v) is 3.80. The molecular formula is C13H12F2O2. The molecule has 1 unspecified atom stereocenters. The summed E-state index contributed by atoms with van der Waals surface area (Å²) in [4.78, 5) is 0. The molecule has 17 heavy (non-hydrogen) atoms. The molecule has 1 atom stereocenters. The van der Waals surface area contributed by atoms with Crippen LogP contribution in [0.15, 0.2) is 41.0 Å². The lowest BCUT2D eigenvalue weighted by Gasteiger charge is -2.10. The largest absolute Gasteiger partial charge is 0.469 e. The molecule has 0 fully saturated rings. The Morgan fingerprint density at radius 2 is 2.06 bits per heavy atom. The van der Waals surface area contributed by atoms with Crippen LogP contribution in [-0.2, 0) is 6.42 Å². The van der Waals surface area contributed by atoms with Crippen molar-refractivity contribution in [3.8, 4) is 0 Å². The minimum Gasteiger partial charge on any atom is -0.469 e. The van der Waals surface area contributed by atoms with E-state index in [9.17, 15) is 13.9 Å². The van der Waals surface area contributed by atoms with Gasteiger partial charge in [-0.25, -0.2) is 8.78 Å². The van der Waals surface area contributed by atoms with E-state index in [0.717, 1.165) is 17.9 Å². The molecule has 1 aromatic carbocycles. The van der Waals surface area contributed by atoms with E-state index in [2.05, 4.69) is 0 Å². The molecule has 0 amide bonds. The van der Waals surface area contributed by atoms with E-state index in [0.29, 0.717) is 12.8 Å². The van der Waals surface area contributed by atoms with E-state index >= 15 is 0 Å². The summed E-state index contributed by atoms with van der Waals surface area (Å²) in [7, 11) is 0. The Hall–Kier alpha value is -1.68. The maximum Gasteiger partial charge on any atom is 0.131 e. The Bertz CT molecular complexity index is 480. The van der Waals surface area contributed by atoms with Crippen LogP contribution >= 0.6 is 0 Å². The van der Waals surface area contributed by atoms with Crippen LogP contribution in [0.25, 0.3) is 0 Å². The Balaban J connectivity index is 2.01. The molecule has 0 aliphatic carbocycles. The maximum atomic E-state index is 13.3. The summed E-state index contributed by atoms with van der Waals surface area (Å²) < 4.78 is 31.1. The monoisotopic (exact) mass is 238 g/mol. The fourth-order valence-electron chi connectivity index (χ4n) is 1.66. The topological polar surface area (TPSA) is 33.4 Å². The predicted octanol–water partition coefficient (Wildman–Crippen LogP) is 3.22. The van der Waals surface area contributed by atoms with Gasteiger partial charge in [0.2, 0.25) is 0 Å². The first kappa shape index (κ1) is 11.8. The Kier molecular flexibility index (Phi) is 3.54. The van der Waals surface area contributed by atoms with Crippen LogP contribution in [0.3, 0.4) is 0 Å². The van der Waals surface area contributed by atoms with Gasteiger partial charge in [-0.1, -0.05) is 6.07 Å². The van der Waals surface area contributed by atoms with Gasteiger partial charge in [0, 0.05) is 18.1 Å². The van der Waals surface area contributed by atoms with Crippen LogP contribution in [0.1, 0.15) is 23.8 Å². The molecular weight excluding hydrogens is 226 g/mol. The molecule has 0 saturated carbocycles. The van der Waals surface area contributed by atoms with Crippen LogP contribution in [0.5, 0.6) is 0 Å². The fourth-order valence-corrected chi connectivity index (χ4v) is 1.66. The molecule has 0 aliphatic heterocycles. The lowest BCUT2D eigenvalue weighted by molar-refractivity contribution is 0.160. The quantitative estimate of drug-likeness (QED) is 0.887. The van der Waals surface area contributed by atoms with Crippen molar-refractivity contribution in [1.82, 2.24) is 0 Å². The van der Waals surface area contributed by atoms with Gasteiger partial charge in [-0.3, -0.25) is 0 Å². The molecule has 1 N–H and O–H groups in total. The molecule has 90 valence electrons. The fraction of sp³-hybridized carbons (Fsp3) is 0.231. The molecule has 2 aromatic rings. The van der Waals surface area contributed by atoms with Crippen LogP contribution in [0.4, 0.5) is 8.78 Å². The number of hydrogen-bond acceptors (Lipinski definition) is 2. The average molecular weight is 238 g/mol. The summed E-state index contributed by atoms with van der Waals surface area (Å²) >= 11 is 0. The Morgan fingerprint density at radius 1 is 1.24 bits per heavy atom. The van der Waals surface area contributed by atoms with E-state index in [1.54, 1.807) is 18.4 Å². The first-order chi connectivity index (χ1) is 8.16. The minimum absolute atomic E-state index is 0.109. The molecule has 1 aromatic heterocycles. The van der Waals surface area contributed by atoms with Crippen molar-refractivity contribution in [2.24, 2.45) is 0 Å². The molecule has 0 aliphatic rings. The lowest BCUT2D eigenvalue weighted by atomic mass is 10.0. The zero-order chi connectivity index (χ0) is 12.3. The summed E-state index contributed by atoms with van der Waals surface area (Å²) in [5.74, 6) is -0.645. The summed E-state index contributed by atoms with van der Waals surface area (Å²) in [5, 5.41) is 9.79. The smallest absolute Gasteiger partial charge is 0.131 e. The van der Waals surface area contributed by atoms with Crippen molar-refractivity contribution in [3.63, 3.8) is 0 Å². The zero-order valence-electron chi connectivity index (χ0n) is 9.07. The second-order valence-electron chi connectivity index (χ2n) is 3.80. The number of aliphatic hydroxyl groups excluding tert-OH is 1. The third-order valence-corrected chi connectivity index (χ3v) is 2.57. The van der Waals surface area contributed by atoms with E-state index in [1.807, 2.05) is 0 Å². The van der Waals surface area contributed by atoms with Gasteiger partial charge < -0.3 is 9.52 Å². The van der Waals surface area contributed by atoms with E-state index < -0.39 is 17.7 Å². The van der Waals surface area contributed by atoms with Gasteiger partial charge in [-0.2, -0.15) is 0 Å². The molecule has 1 heterocycles. The third kappa shape index (κ3) is 2.91. The first-order valence-corrected chi connectivity index (χ1v) is 5.32. The van der Waals surface area contributed by atoms with Crippen molar-refractivity contribution in [3.05, 3.63) is 59.6 Å². The maximum absolute atomic E-state index is 13.3. The first-order valence-electron chi connectivity index (χ1n) is 5.32. The summed E-state index contributed by atoms with van der Waals surface area (Å²) in [6.07, 6.45) is 1.42. The van der Waals surface area contributed by atoms with Gasteiger partial charge in [0.05, 0.1) is 12.4 Å². The number of furan rings is 1. The Labute approximate surface area is 97.5 Å². The number of halogens is 2. The van der Waals surface area contributed by atoms with E-state index in [4.69, 9.17) is 4.42 Å². The molecule has 4 heteroatoms. The highest BCUT2D eigenvalue weighted by Gasteiger charge is 2.13. The molecule has 2 nitrogen and oxygen atoms in total. The molecule has 2 rings (SSSR count). The van der Waals surface area contributed by atoms with Crippen molar-refractivity contribution in [2.75, 3.05) is 0 Å². The van der Waals surface area contributed by atoms with Crippen molar-refractivity contribution in [1.29, 1.82) is 0 Å². The lowest BCUT2D eigenvalue weighted by Crippen LogP contribution is -2.02. The highest BCUT2D eigenvalue weighted by atomic mass is 19.1. The van der Waals surface area contributed by atoms with Gasteiger partial charge in [-0.15, -0.1) is 0 Å². The summed E-state index contributed by atoms with van der Waals surface area (Å²) in [5.41, 5.74) is 0.109. The number of rotatable bonds is 4. The number of hydrogen-bond donors (Lipinski definition) is 1. The van der Waals surface area contributed by atoms with Crippen LogP contribution in [0, 0.1) is 11.6 Å². The molecule has 0 spiro atoms. The second kappa shape index (κ2) is 5.10. The van der Waals surface area contributed by atoms with Crippen LogP contribution in [0.2, 0.25) is 0 Å². The standard InChI is InChI=1S/C13H12F2O2/c14-9-3-5-11(12(15)8-9)13(16)6-4-10-2-1-7-17-10/h1-3,5,7-8,13,16H,4,6H2.